The summed E-state index contributed by atoms with van der Waals surface area (Å²) in [6.07, 6.45) is 4.81. The Bertz CT molecular complexity index is 676. The average Bonchev–Trinajstić information content (AvgIpc) is 3.44. The Morgan fingerprint density at radius 3 is 2.38 bits per heavy atom. The van der Waals surface area contributed by atoms with Gasteiger partial charge in [0.25, 0.3) is 0 Å². The molecule has 2 amide bonds. The van der Waals surface area contributed by atoms with Gasteiger partial charge in [-0.15, -0.1) is 0 Å². The molecule has 5 heteroatoms. The molecule has 0 aromatic heterocycles. The SMILES string of the molecule is CC(C)CC(=O)Nc1ccc(N(C)C)c(CN(C(=O)C2CC2)C2CC2)c1. The van der Waals surface area contributed by atoms with Crippen molar-refractivity contribution in [3.05, 3.63) is 23.8 Å². The molecule has 26 heavy (non-hydrogen) atoms. The smallest absolute Gasteiger partial charge is 0.226 e. The number of hydrogen-bond acceptors (Lipinski definition) is 3. The van der Waals surface area contributed by atoms with Crippen LogP contribution in [-0.4, -0.2) is 36.9 Å². The van der Waals surface area contributed by atoms with Crippen LogP contribution in [0.3, 0.4) is 0 Å². The van der Waals surface area contributed by atoms with Gasteiger partial charge in [-0.2, -0.15) is 0 Å². The van der Waals surface area contributed by atoms with Crippen LogP contribution in [0.5, 0.6) is 0 Å². The van der Waals surface area contributed by atoms with Crippen molar-refractivity contribution in [2.45, 2.75) is 58.5 Å². The maximum absolute atomic E-state index is 12.7. The second kappa shape index (κ2) is 7.68. The van der Waals surface area contributed by atoms with E-state index in [1.54, 1.807) is 0 Å². The molecule has 0 saturated heterocycles. The van der Waals surface area contributed by atoms with Gasteiger partial charge in [0, 0.05) is 50.4 Å². The van der Waals surface area contributed by atoms with Gasteiger partial charge < -0.3 is 15.1 Å². The molecule has 0 atom stereocenters. The van der Waals surface area contributed by atoms with Crippen LogP contribution < -0.4 is 10.2 Å². The Labute approximate surface area is 156 Å². The van der Waals surface area contributed by atoms with Gasteiger partial charge in [0.15, 0.2) is 0 Å². The number of anilines is 2. The molecule has 0 heterocycles. The lowest BCUT2D eigenvalue weighted by Gasteiger charge is -2.26. The molecule has 2 fully saturated rings. The van der Waals surface area contributed by atoms with Crippen LogP contribution in [0.4, 0.5) is 11.4 Å². The summed E-state index contributed by atoms with van der Waals surface area (Å²) >= 11 is 0. The van der Waals surface area contributed by atoms with Crippen molar-refractivity contribution >= 4 is 23.2 Å². The van der Waals surface area contributed by atoms with Gasteiger partial charge in [0.1, 0.15) is 0 Å². The van der Waals surface area contributed by atoms with Gasteiger partial charge in [0.05, 0.1) is 0 Å². The predicted octanol–water partition coefficient (Wildman–Crippen LogP) is 3.64. The minimum atomic E-state index is 0.0386. The third-order valence-electron chi connectivity index (χ3n) is 4.98. The molecular formula is C21H31N3O2. The largest absolute Gasteiger partial charge is 0.377 e. The summed E-state index contributed by atoms with van der Waals surface area (Å²) in [6, 6.07) is 6.41. The topological polar surface area (TPSA) is 52.7 Å². The monoisotopic (exact) mass is 357 g/mol. The van der Waals surface area contributed by atoms with Crippen molar-refractivity contribution in [3.63, 3.8) is 0 Å². The molecule has 5 nitrogen and oxygen atoms in total. The first-order chi connectivity index (χ1) is 12.3. The van der Waals surface area contributed by atoms with Crippen molar-refractivity contribution in [1.82, 2.24) is 4.90 Å². The molecule has 2 saturated carbocycles. The molecular weight excluding hydrogens is 326 g/mol. The van der Waals surface area contributed by atoms with Gasteiger partial charge in [-0.1, -0.05) is 13.8 Å². The van der Waals surface area contributed by atoms with Crippen LogP contribution in [0.25, 0.3) is 0 Å². The molecule has 0 spiro atoms. The van der Waals surface area contributed by atoms with Crippen LogP contribution in [0, 0.1) is 11.8 Å². The van der Waals surface area contributed by atoms with Crippen molar-refractivity contribution in [3.8, 4) is 0 Å². The van der Waals surface area contributed by atoms with E-state index < -0.39 is 0 Å². The first-order valence-corrected chi connectivity index (χ1v) is 9.75. The maximum Gasteiger partial charge on any atom is 0.226 e. The fraction of sp³-hybridized carbons (Fsp3) is 0.619. The van der Waals surface area contributed by atoms with E-state index in [1.165, 1.54) is 0 Å². The predicted molar refractivity (Wildman–Crippen MR) is 105 cm³/mol. The first kappa shape index (κ1) is 18.7. The summed E-state index contributed by atoms with van der Waals surface area (Å²) in [7, 11) is 4.03. The molecule has 1 N–H and O–H groups in total. The summed E-state index contributed by atoms with van der Waals surface area (Å²) in [4.78, 5) is 29.0. The van der Waals surface area contributed by atoms with E-state index in [1.807, 2.05) is 46.1 Å². The van der Waals surface area contributed by atoms with Crippen LogP contribution in [-0.2, 0) is 16.1 Å². The lowest BCUT2D eigenvalue weighted by Crippen LogP contribution is -2.34. The molecule has 1 aromatic rings. The zero-order valence-electron chi connectivity index (χ0n) is 16.4. The van der Waals surface area contributed by atoms with E-state index in [0.29, 0.717) is 30.8 Å². The molecule has 0 radical (unpaired) electrons. The van der Waals surface area contributed by atoms with Crippen molar-refractivity contribution in [2.75, 3.05) is 24.3 Å². The summed E-state index contributed by atoms with van der Waals surface area (Å²) in [6.45, 7) is 4.70. The first-order valence-electron chi connectivity index (χ1n) is 9.75. The lowest BCUT2D eigenvalue weighted by molar-refractivity contribution is -0.133. The summed E-state index contributed by atoms with van der Waals surface area (Å²) in [5.74, 6) is 0.924. The van der Waals surface area contributed by atoms with Gasteiger partial charge in [-0.05, 0) is 55.4 Å². The number of nitrogens with zero attached hydrogens (tertiary/aromatic N) is 2. The average molecular weight is 357 g/mol. The van der Waals surface area contributed by atoms with Crippen LogP contribution in [0.15, 0.2) is 18.2 Å². The summed E-state index contributed by atoms with van der Waals surface area (Å²) in [5.41, 5.74) is 3.00. The Balaban J connectivity index is 1.79. The third-order valence-corrected chi connectivity index (χ3v) is 4.98. The molecule has 0 bridgehead atoms. The molecule has 2 aliphatic carbocycles. The van der Waals surface area contributed by atoms with E-state index in [4.69, 9.17) is 0 Å². The number of amides is 2. The molecule has 0 unspecified atom stereocenters. The number of hydrogen-bond donors (Lipinski definition) is 1. The highest BCUT2D eigenvalue weighted by Gasteiger charge is 2.40. The van der Waals surface area contributed by atoms with Crippen LogP contribution in [0.2, 0.25) is 0 Å². The molecule has 2 aliphatic rings. The summed E-state index contributed by atoms with van der Waals surface area (Å²) in [5, 5.41) is 3.00. The minimum absolute atomic E-state index is 0.0386. The highest BCUT2D eigenvalue weighted by Crippen LogP contribution is 2.38. The number of benzene rings is 1. The fourth-order valence-electron chi connectivity index (χ4n) is 3.33. The Morgan fingerprint density at radius 2 is 1.85 bits per heavy atom. The Kier molecular flexibility index (Phi) is 5.54. The Morgan fingerprint density at radius 1 is 1.15 bits per heavy atom. The molecule has 142 valence electrons. The van der Waals surface area contributed by atoms with Gasteiger partial charge in [-0.3, -0.25) is 9.59 Å². The van der Waals surface area contributed by atoms with Crippen molar-refractivity contribution in [2.24, 2.45) is 11.8 Å². The second-order valence-electron chi connectivity index (χ2n) is 8.36. The second-order valence-corrected chi connectivity index (χ2v) is 8.36. The van der Waals surface area contributed by atoms with E-state index >= 15 is 0 Å². The minimum Gasteiger partial charge on any atom is -0.377 e. The number of nitrogens with one attached hydrogen (secondary N) is 1. The highest BCUT2D eigenvalue weighted by atomic mass is 16.2. The van der Waals surface area contributed by atoms with Crippen LogP contribution >= 0.6 is 0 Å². The summed E-state index contributed by atoms with van der Waals surface area (Å²) < 4.78 is 0. The lowest BCUT2D eigenvalue weighted by atomic mass is 10.1. The van der Waals surface area contributed by atoms with E-state index in [2.05, 4.69) is 15.1 Å². The Hall–Kier alpha value is -2.04. The molecule has 3 rings (SSSR count). The van der Waals surface area contributed by atoms with Gasteiger partial charge >= 0.3 is 0 Å². The van der Waals surface area contributed by atoms with Crippen LogP contribution in [0.1, 0.15) is 51.5 Å². The van der Waals surface area contributed by atoms with E-state index in [0.717, 1.165) is 42.6 Å². The standard InChI is InChI=1S/C21H31N3O2/c1-14(2)11-20(25)22-17-7-10-19(23(3)4)16(12-17)13-24(18-8-9-18)21(26)15-5-6-15/h7,10,12,14-15,18H,5-6,8-9,11,13H2,1-4H3,(H,22,25). The van der Waals surface area contributed by atoms with Gasteiger partial charge in [-0.25, -0.2) is 0 Å². The number of rotatable bonds is 8. The van der Waals surface area contributed by atoms with E-state index in [-0.39, 0.29) is 11.8 Å². The maximum atomic E-state index is 12.7. The zero-order chi connectivity index (χ0) is 18.8. The molecule has 1 aromatic carbocycles. The fourth-order valence-corrected chi connectivity index (χ4v) is 3.33. The highest BCUT2D eigenvalue weighted by molar-refractivity contribution is 5.91. The third kappa shape index (κ3) is 4.77. The number of carbonyl (C=O) groups is 2. The number of carbonyl (C=O) groups excluding carboxylic acids is 2. The normalized spacial score (nSPS) is 16.5. The zero-order valence-corrected chi connectivity index (χ0v) is 16.4. The van der Waals surface area contributed by atoms with Gasteiger partial charge in [0.2, 0.25) is 11.8 Å². The van der Waals surface area contributed by atoms with Crippen molar-refractivity contribution in [1.29, 1.82) is 0 Å². The van der Waals surface area contributed by atoms with E-state index in [9.17, 15) is 9.59 Å². The van der Waals surface area contributed by atoms with Crippen molar-refractivity contribution < 1.29 is 9.59 Å². The quantitative estimate of drug-likeness (QED) is 0.773. The molecule has 0 aliphatic heterocycles.